The Labute approximate surface area is 161 Å². The fourth-order valence-electron chi connectivity index (χ4n) is 2.62. The van der Waals surface area contributed by atoms with Crippen molar-refractivity contribution < 1.29 is 19.1 Å². The van der Waals surface area contributed by atoms with Crippen LogP contribution in [0.2, 0.25) is 0 Å². The van der Waals surface area contributed by atoms with E-state index in [4.69, 9.17) is 9.47 Å². The molecule has 0 N–H and O–H groups in total. The number of ether oxygens (including phenoxy) is 2. The van der Waals surface area contributed by atoms with Crippen LogP contribution < -0.4 is 10.3 Å². The van der Waals surface area contributed by atoms with Gasteiger partial charge in [0.15, 0.2) is 11.9 Å². The highest BCUT2D eigenvalue weighted by Gasteiger charge is 2.17. The van der Waals surface area contributed by atoms with Gasteiger partial charge in [0.2, 0.25) is 0 Å². The van der Waals surface area contributed by atoms with Gasteiger partial charge in [-0.1, -0.05) is 6.07 Å². The summed E-state index contributed by atoms with van der Waals surface area (Å²) >= 11 is 0. The quantitative estimate of drug-likeness (QED) is 0.483. The van der Waals surface area contributed by atoms with Gasteiger partial charge in [0.05, 0.1) is 5.69 Å². The molecule has 2 aromatic heterocycles. The van der Waals surface area contributed by atoms with Crippen molar-refractivity contribution in [3.8, 4) is 5.75 Å². The molecule has 144 valence electrons. The standard InChI is InChI=1S/C21H20N2O5/c1-13-4-9-19-22-17(10-20(25)23(19)11-13)12-27-21(26)15(3)28-18-7-5-16(6-8-18)14(2)24/h4-11,15H,12H2,1-3H3/t15-/m1/s1. The summed E-state index contributed by atoms with van der Waals surface area (Å²) < 4.78 is 12.2. The van der Waals surface area contributed by atoms with Crippen LogP contribution in [-0.2, 0) is 16.1 Å². The van der Waals surface area contributed by atoms with E-state index in [1.54, 1.807) is 43.5 Å². The van der Waals surface area contributed by atoms with E-state index in [-0.39, 0.29) is 17.9 Å². The van der Waals surface area contributed by atoms with Gasteiger partial charge in [0, 0.05) is 17.8 Å². The number of carbonyl (C=O) groups is 2. The van der Waals surface area contributed by atoms with Crippen molar-refractivity contribution in [1.29, 1.82) is 0 Å². The number of rotatable bonds is 6. The molecular formula is C21H20N2O5. The second-order valence-electron chi connectivity index (χ2n) is 6.47. The fourth-order valence-corrected chi connectivity index (χ4v) is 2.62. The number of hydrogen-bond donors (Lipinski definition) is 0. The van der Waals surface area contributed by atoms with E-state index < -0.39 is 12.1 Å². The van der Waals surface area contributed by atoms with Crippen molar-refractivity contribution in [1.82, 2.24) is 9.38 Å². The molecule has 0 unspecified atom stereocenters. The van der Waals surface area contributed by atoms with Gasteiger partial charge in [0.1, 0.15) is 18.0 Å². The first-order valence-electron chi connectivity index (χ1n) is 8.77. The topological polar surface area (TPSA) is 87.0 Å². The third-order valence-electron chi connectivity index (χ3n) is 4.13. The highest BCUT2D eigenvalue weighted by atomic mass is 16.6. The molecule has 0 saturated heterocycles. The number of esters is 1. The molecular weight excluding hydrogens is 360 g/mol. The fraction of sp³-hybridized carbons (Fsp3) is 0.238. The molecule has 0 bridgehead atoms. The van der Waals surface area contributed by atoms with Gasteiger partial charge in [-0.3, -0.25) is 14.0 Å². The Morgan fingerprint density at radius 2 is 1.86 bits per heavy atom. The number of nitrogens with zero attached hydrogens (tertiary/aromatic N) is 2. The largest absolute Gasteiger partial charge is 0.479 e. The smallest absolute Gasteiger partial charge is 0.347 e. The molecule has 0 aliphatic carbocycles. The minimum atomic E-state index is -0.854. The summed E-state index contributed by atoms with van der Waals surface area (Å²) in [7, 11) is 0. The number of aryl methyl sites for hydroxylation is 1. The second-order valence-corrected chi connectivity index (χ2v) is 6.47. The molecule has 28 heavy (non-hydrogen) atoms. The van der Waals surface area contributed by atoms with Crippen LogP contribution in [0.15, 0.2) is 53.5 Å². The summed E-state index contributed by atoms with van der Waals surface area (Å²) in [6.45, 7) is 4.79. The van der Waals surface area contributed by atoms with Gasteiger partial charge in [-0.25, -0.2) is 9.78 Å². The third kappa shape index (κ3) is 4.43. The number of pyridine rings is 1. The van der Waals surface area contributed by atoms with E-state index in [1.807, 2.05) is 13.0 Å². The van der Waals surface area contributed by atoms with Gasteiger partial charge in [-0.05, 0) is 56.7 Å². The zero-order valence-corrected chi connectivity index (χ0v) is 15.8. The molecule has 2 heterocycles. The average Bonchev–Trinajstić information content (AvgIpc) is 2.67. The summed E-state index contributed by atoms with van der Waals surface area (Å²) in [5.74, 6) is -0.179. The lowest BCUT2D eigenvalue weighted by Gasteiger charge is -2.14. The van der Waals surface area contributed by atoms with E-state index in [2.05, 4.69) is 4.98 Å². The van der Waals surface area contributed by atoms with E-state index in [0.29, 0.717) is 22.7 Å². The van der Waals surface area contributed by atoms with Gasteiger partial charge >= 0.3 is 5.97 Å². The van der Waals surface area contributed by atoms with Gasteiger partial charge in [-0.2, -0.15) is 0 Å². The molecule has 0 fully saturated rings. The van der Waals surface area contributed by atoms with Crippen molar-refractivity contribution in [2.24, 2.45) is 0 Å². The number of hydrogen-bond acceptors (Lipinski definition) is 6. The zero-order valence-electron chi connectivity index (χ0n) is 15.8. The number of ketones is 1. The van der Waals surface area contributed by atoms with Gasteiger partial charge in [0.25, 0.3) is 5.56 Å². The molecule has 3 rings (SSSR count). The maximum atomic E-state index is 12.2. The van der Waals surface area contributed by atoms with Crippen molar-refractivity contribution >= 4 is 17.4 Å². The average molecular weight is 380 g/mol. The van der Waals surface area contributed by atoms with Crippen molar-refractivity contribution in [2.45, 2.75) is 33.5 Å². The molecule has 3 aromatic rings. The molecule has 7 nitrogen and oxygen atoms in total. The summed E-state index contributed by atoms with van der Waals surface area (Å²) in [5.41, 5.74) is 2.11. The van der Waals surface area contributed by atoms with Crippen LogP contribution in [-0.4, -0.2) is 27.2 Å². The molecule has 1 atom stereocenters. The monoisotopic (exact) mass is 380 g/mol. The third-order valence-corrected chi connectivity index (χ3v) is 4.13. The highest BCUT2D eigenvalue weighted by molar-refractivity contribution is 5.94. The van der Waals surface area contributed by atoms with Crippen molar-refractivity contribution in [3.63, 3.8) is 0 Å². The van der Waals surface area contributed by atoms with Gasteiger partial charge in [-0.15, -0.1) is 0 Å². The number of Topliss-reactive ketones (excluding diaryl/α,β-unsaturated/α-hetero) is 1. The predicted molar refractivity (Wildman–Crippen MR) is 103 cm³/mol. The van der Waals surface area contributed by atoms with Gasteiger partial charge < -0.3 is 9.47 Å². The van der Waals surface area contributed by atoms with Crippen LogP contribution in [0.25, 0.3) is 5.65 Å². The SMILES string of the molecule is CC(=O)c1ccc(O[C@H](C)C(=O)OCc2cc(=O)n3cc(C)ccc3n2)cc1. The van der Waals surface area contributed by atoms with E-state index in [9.17, 15) is 14.4 Å². The normalized spacial score (nSPS) is 11.8. The van der Waals surface area contributed by atoms with E-state index in [0.717, 1.165) is 5.56 Å². The summed E-state index contributed by atoms with van der Waals surface area (Å²) in [6.07, 6.45) is 0.848. The second kappa shape index (κ2) is 8.04. The Morgan fingerprint density at radius 1 is 1.14 bits per heavy atom. The summed E-state index contributed by atoms with van der Waals surface area (Å²) in [6, 6.07) is 11.4. The Kier molecular flexibility index (Phi) is 5.54. The molecule has 0 radical (unpaired) electrons. The van der Waals surface area contributed by atoms with E-state index >= 15 is 0 Å². The Hall–Kier alpha value is -3.48. The van der Waals surface area contributed by atoms with Crippen LogP contribution >= 0.6 is 0 Å². The molecule has 0 aliphatic rings. The molecule has 0 saturated carbocycles. The van der Waals surface area contributed by atoms with Crippen LogP contribution in [0, 0.1) is 6.92 Å². The molecule has 0 aliphatic heterocycles. The number of carbonyl (C=O) groups excluding carboxylic acids is 2. The lowest BCUT2D eigenvalue weighted by molar-refractivity contribution is -0.152. The maximum absolute atomic E-state index is 12.2. The lowest BCUT2D eigenvalue weighted by atomic mass is 10.1. The predicted octanol–water partition coefficient (Wildman–Crippen LogP) is 2.72. The Bertz CT molecular complexity index is 1090. The van der Waals surface area contributed by atoms with Crippen LogP contribution in [0.1, 0.15) is 35.5 Å². The number of fused-ring (bicyclic) bond motifs is 1. The highest BCUT2D eigenvalue weighted by Crippen LogP contribution is 2.15. The molecule has 0 spiro atoms. The summed E-state index contributed by atoms with van der Waals surface area (Å²) in [5, 5.41) is 0. The van der Waals surface area contributed by atoms with Crippen molar-refractivity contribution in [3.05, 3.63) is 75.8 Å². The molecule has 1 aromatic carbocycles. The Balaban J connectivity index is 1.63. The zero-order chi connectivity index (χ0) is 20.3. The van der Waals surface area contributed by atoms with Crippen LogP contribution in [0.3, 0.4) is 0 Å². The molecule has 0 amide bonds. The first-order valence-corrected chi connectivity index (χ1v) is 8.77. The first kappa shape index (κ1) is 19.3. The number of aromatic nitrogens is 2. The van der Waals surface area contributed by atoms with Crippen LogP contribution in [0.4, 0.5) is 0 Å². The summed E-state index contributed by atoms with van der Waals surface area (Å²) in [4.78, 5) is 40.0. The lowest BCUT2D eigenvalue weighted by Crippen LogP contribution is -2.26. The van der Waals surface area contributed by atoms with E-state index in [1.165, 1.54) is 17.4 Å². The van der Waals surface area contributed by atoms with Crippen molar-refractivity contribution in [2.75, 3.05) is 0 Å². The molecule has 7 heteroatoms. The number of benzene rings is 1. The maximum Gasteiger partial charge on any atom is 0.347 e. The minimum absolute atomic E-state index is 0.0482. The van der Waals surface area contributed by atoms with Crippen LogP contribution in [0.5, 0.6) is 5.75 Å². The first-order chi connectivity index (χ1) is 13.3. The minimum Gasteiger partial charge on any atom is -0.479 e. The Morgan fingerprint density at radius 3 is 2.54 bits per heavy atom.